The lowest BCUT2D eigenvalue weighted by Gasteiger charge is -2.29. The molecule has 0 unspecified atom stereocenters. The van der Waals surface area contributed by atoms with Gasteiger partial charge >= 0.3 is 0 Å². The zero-order valence-corrected chi connectivity index (χ0v) is 11.2. The highest BCUT2D eigenvalue weighted by Crippen LogP contribution is 2.32. The van der Waals surface area contributed by atoms with E-state index in [2.05, 4.69) is 48.3 Å². The van der Waals surface area contributed by atoms with Crippen molar-refractivity contribution in [3.05, 3.63) is 29.8 Å². The van der Waals surface area contributed by atoms with E-state index in [-0.39, 0.29) is 0 Å². The number of benzene rings is 1. The second-order valence-corrected chi connectivity index (χ2v) is 5.39. The topological polar surface area (TPSA) is 15.3 Å². The van der Waals surface area contributed by atoms with E-state index in [1.807, 2.05) is 7.05 Å². The Morgan fingerprint density at radius 1 is 1.24 bits per heavy atom. The highest BCUT2D eigenvalue weighted by atomic mass is 15.2. The molecule has 17 heavy (non-hydrogen) atoms. The van der Waals surface area contributed by atoms with E-state index >= 15 is 0 Å². The maximum atomic E-state index is 3.18. The molecule has 0 spiro atoms. The van der Waals surface area contributed by atoms with Crippen LogP contribution in [0.3, 0.4) is 0 Å². The standard InChI is InChI=1S/C15H24N2/c1-12(2)17(11-14-4-5-14)15-8-6-13(7-9-15)10-16-3/h6-9,12,14,16H,4-5,10-11H2,1-3H3. The SMILES string of the molecule is CNCc1ccc(N(CC2CC2)C(C)C)cc1. The first-order valence-corrected chi connectivity index (χ1v) is 6.71. The minimum absolute atomic E-state index is 0.589. The first kappa shape index (κ1) is 12.4. The van der Waals surface area contributed by atoms with E-state index in [1.54, 1.807) is 0 Å². The van der Waals surface area contributed by atoms with Gasteiger partial charge in [0.15, 0.2) is 0 Å². The molecule has 0 amide bonds. The predicted octanol–water partition coefficient (Wildman–Crippen LogP) is 3.03. The molecular formula is C15H24N2. The second kappa shape index (κ2) is 5.54. The van der Waals surface area contributed by atoms with Gasteiger partial charge in [0.1, 0.15) is 0 Å². The molecular weight excluding hydrogens is 208 g/mol. The van der Waals surface area contributed by atoms with Gasteiger partial charge in [0, 0.05) is 24.8 Å². The van der Waals surface area contributed by atoms with Gasteiger partial charge < -0.3 is 10.2 Å². The van der Waals surface area contributed by atoms with Crippen LogP contribution in [-0.2, 0) is 6.54 Å². The molecule has 2 heteroatoms. The first-order chi connectivity index (χ1) is 8.20. The lowest BCUT2D eigenvalue weighted by Crippen LogP contribution is -2.32. The van der Waals surface area contributed by atoms with Gasteiger partial charge in [-0.05, 0) is 57.4 Å². The molecule has 0 saturated heterocycles. The second-order valence-electron chi connectivity index (χ2n) is 5.39. The highest BCUT2D eigenvalue weighted by molar-refractivity contribution is 5.48. The monoisotopic (exact) mass is 232 g/mol. The van der Waals surface area contributed by atoms with Crippen molar-refractivity contribution in [2.75, 3.05) is 18.5 Å². The van der Waals surface area contributed by atoms with Crippen LogP contribution in [0.15, 0.2) is 24.3 Å². The third kappa shape index (κ3) is 3.47. The summed E-state index contributed by atoms with van der Waals surface area (Å²) in [5.74, 6) is 0.939. The molecule has 1 aliphatic rings. The van der Waals surface area contributed by atoms with Crippen LogP contribution in [-0.4, -0.2) is 19.6 Å². The molecule has 0 radical (unpaired) electrons. The molecule has 0 aliphatic heterocycles. The molecule has 1 aromatic carbocycles. The molecule has 1 saturated carbocycles. The quantitative estimate of drug-likeness (QED) is 0.811. The molecule has 0 aromatic heterocycles. The average molecular weight is 232 g/mol. The van der Waals surface area contributed by atoms with E-state index < -0.39 is 0 Å². The molecule has 0 atom stereocenters. The minimum Gasteiger partial charge on any atom is -0.369 e. The summed E-state index contributed by atoms with van der Waals surface area (Å²) in [6.07, 6.45) is 2.84. The van der Waals surface area contributed by atoms with Crippen molar-refractivity contribution in [1.82, 2.24) is 5.32 Å². The number of anilines is 1. The van der Waals surface area contributed by atoms with Crippen LogP contribution in [0.25, 0.3) is 0 Å². The van der Waals surface area contributed by atoms with Crippen LogP contribution < -0.4 is 10.2 Å². The third-order valence-electron chi connectivity index (χ3n) is 3.42. The highest BCUT2D eigenvalue weighted by Gasteiger charge is 2.25. The van der Waals surface area contributed by atoms with Gasteiger partial charge in [0.05, 0.1) is 0 Å². The van der Waals surface area contributed by atoms with E-state index in [0.717, 1.165) is 12.5 Å². The fourth-order valence-corrected chi connectivity index (χ4v) is 2.20. The van der Waals surface area contributed by atoms with E-state index in [1.165, 1.54) is 30.6 Å². The Kier molecular flexibility index (Phi) is 4.06. The molecule has 0 heterocycles. The summed E-state index contributed by atoms with van der Waals surface area (Å²) in [5.41, 5.74) is 2.72. The summed E-state index contributed by atoms with van der Waals surface area (Å²) in [4.78, 5) is 2.53. The Balaban J connectivity index is 2.06. The Labute approximate surface area is 105 Å². The van der Waals surface area contributed by atoms with Crippen molar-refractivity contribution in [3.8, 4) is 0 Å². The van der Waals surface area contributed by atoms with Gasteiger partial charge in [-0.3, -0.25) is 0 Å². The lowest BCUT2D eigenvalue weighted by molar-refractivity contribution is 0.644. The van der Waals surface area contributed by atoms with Crippen LogP contribution in [0.1, 0.15) is 32.3 Å². The number of nitrogens with zero attached hydrogens (tertiary/aromatic N) is 1. The Morgan fingerprint density at radius 3 is 2.35 bits per heavy atom. The fraction of sp³-hybridized carbons (Fsp3) is 0.600. The number of hydrogen-bond donors (Lipinski definition) is 1. The van der Waals surface area contributed by atoms with Crippen molar-refractivity contribution in [2.24, 2.45) is 5.92 Å². The molecule has 94 valence electrons. The average Bonchev–Trinajstić information content (AvgIpc) is 3.11. The predicted molar refractivity (Wildman–Crippen MR) is 74.4 cm³/mol. The molecule has 1 aromatic rings. The van der Waals surface area contributed by atoms with Gasteiger partial charge in [-0.25, -0.2) is 0 Å². The van der Waals surface area contributed by atoms with Gasteiger partial charge in [0.2, 0.25) is 0 Å². The third-order valence-corrected chi connectivity index (χ3v) is 3.42. The van der Waals surface area contributed by atoms with Crippen molar-refractivity contribution >= 4 is 5.69 Å². The Hall–Kier alpha value is -1.02. The summed E-state index contributed by atoms with van der Waals surface area (Å²) < 4.78 is 0. The van der Waals surface area contributed by atoms with Crippen LogP contribution >= 0.6 is 0 Å². The maximum absolute atomic E-state index is 3.18. The van der Waals surface area contributed by atoms with E-state index in [9.17, 15) is 0 Å². The van der Waals surface area contributed by atoms with E-state index in [4.69, 9.17) is 0 Å². The molecule has 1 fully saturated rings. The summed E-state index contributed by atoms with van der Waals surface area (Å²) in [6, 6.07) is 9.57. The number of hydrogen-bond acceptors (Lipinski definition) is 2. The Bertz CT molecular complexity index is 338. The summed E-state index contributed by atoms with van der Waals surface area (Å²) in [6.45, 7) is 6.74. The van der Waals surface area contributed by atoms with Crippen molar-refractivity contribution in [2.45, 2.75) is 39.3 Å². The lowest BCUT2D eigenvalue weighted by atomic mass is 10.1. The minimum atomic E-state index is 0.589. The van der Waals surface area contributed by atoms with E-state index in [0.29, 0.717) is 6.04 Å². The summed E-state index contributed by atoms with van der Waals surface area (Å²) in [7, 11) is 1.99. The smallest absolute Gasteiger partial charge is 0.0368 e. The molecule has 1 N–H and O–H groups in total. The van der Waals surface area contributed by atoms with Crippen molar-refractivity contribution < 1.29 is 0 Å². The molecule has 2 nitrogen and oxygen atoms in total. The maximum Gasteiger partial charge on any atom is 0.0368 e. The van der Waals surface area contributed by atoms with Gasteiger partial charge in [-0.1, -0.05) is 12.1 Å². The fourth-order valence-electron chi connectivity index (χ4n) is 2.20. The van der Waals surface area contributed by atoms with Gasteiger partial charge in [-0.15, -0.1) is 0 Å². The molecule has 0 bridgehead atoms. The molecule has 1 aliphatic carbocycles. The largest absolute Gasteiger partial charge is 0.369 e. The van der Waals surface area contributed by atoms with Crippen LogP contribution in [0.5, 0.6) is 0 Å². The number of rotatable bonds is 6. The zero-order chi connectivity index (χ0) is 12.3. The van der Waals surface area contributed by atoms with Gasteiger partial charge in [-0.2, -0.15) is 0 Å². The van der Waals surface area contributed by atoms with Gasteiger partial charge in [0.25, 0.3) is 0 Å². The summed E-state index contributed by atoms with van der Waals surface area (Å²) >= 11 is 0. The Morgan fingerprint density at radius 2 is 1.88 bits per heavy atom. The van der Waals surface area contributed by atoms with Crippen LogP contribution in [0, 0.1) is 5.92 Å². The summed E-state index contributed by atoms with van der Waals surface area (Å²) in [5, 5.41) is 3.18. The first-order valence-electron chi connectivity index (χ1n) is 6.71. The number of nitrogens with one attached hydrogen (secondary N) is 1. The van der Waals surface area contributed by atoms with Crippen LogP contribution in [0.2, 0.25) is 0 Å². The molecule has 2 rings (SSSR count). The van der Waals surface area contributed by atoms with Crippen LogP contribution in [0.4, 0.5) is 5.69 Å². The zero-order valence-electron chi connectivity index (χ0n) is 11.2. The normalized spacial score (nSPS) is 15.3. The van der Waals surface area contributed by atoms with Crippen molar-refractivity contribution in [3.63, 3.8) is 0 Å². The van der Waals surface area contributed by atoms with Crippen molar-refractivity contribution in [1.29, 1.82) is 0 Å².